The lowest BCUT2D eigenvalue weighted by Gasteiger charge is -2.34. The summed E-state index contributed by atoms with van der Waals surface area (Å²) in [6.07, 6.45) is -0.475. The molecule has 1 amide bonds. The van der Waals surface area contributed by atoms with Crippen LogP contribution in [-0.2, 0) is 4.79 Å². The van der Waals surface area contributed by atoms with Gasteiger partial charge in [-0.25, -0.2) is 5.01 Å². The zero-order chi connectivity index (χ0) is 19.3. The van der Waals surface area contributed by atoms with Crippen LogP contribution in [0.25, 0.3) is 5.70 Å². The van der Waals surface area contributed by atoms with Crippen molar-refractivity contribution in [2.75, 3.05) is 12.5 Å². The first-order chi connectivity index (χ1) is 13.6. The fourth-order valence-corrected chi connectivity index (χ4v) is 4.29. The Morgan fingerprint density at radius 2 is 2.11 bits per heavy atom. The van der Waals surface area contributed by atoms with Gasteiger partial charge in [-0.3, -0.25) is 15.1 Å². The number of benzene rings is 2. The minimum absolute atomic E-state index is 0.189. The van der Waals surface area contributed by atoms with E-state index >= 15 is 0 Å². The van der Waals surface area contributed by atoms with Crippen LogP contribution in [0.5, 0.6) is 11.5 Å². The van der Waals surface area contributed by atoms with E-state index < -0.39 is 6.17 Å². The summed E-state index contributed by atoms with van der Waals surface area (Å²) >= 11 is 4.96. The molecular weight excluding hydrogens is 444 g/mol. The molecule has 0 unspecified atom stereocenters. The molecule has 3 aliphatic heterocycles. The highest BCUT2D eigenvalue weighted by atomic mass is 79.9. The molecule has 2 aromatic rings. The van der Waals surface area contributed by atoms with Crippen LogP contribution < -0.4 is 25.4 Å². The second-order valence-electron chi connectivity index (χ2n) is 6.26. The molecule has 0 saturated carbocycles. The largest absolute Gasteiger partial charge is 0.454 e. The fraction of sp³-hybridized carbons (Fsp3) is 0.211. The minimum atomic E-state index is -0.475. The maximum absolute atomic E-state index is 13.0. The van der Waals surface area contributed by atoms with Crippen molar-refractivity contribution < 1.29 is 14.3 Å². The van der Waals surface area contributed by atoms with Gasteiger partial charge in [0.2, 0.25) is 6.79 Å². The third-order valence-electron chi connectivity index (χ3n) is 4.55. The number of fused-ring (bicyclic) bond motifs is 3. The lowest BCUT2D eigenvalue weighted by molar-refractivity contribution is -0.116. The number of halogens is 1. The number of nitrogens with one attached hydrogen (secondary N) is 1. The molecular formula is C19H15BrN4O3S. The number of hydrazone groups is 1. The summed E-state index contributed by atoms with van der Waals surface area (Å²) in [4.78, 5) is 17.9. The molecule has 9 heteroatoms. The molecule has 1 atom stereocenters. The zero-order valence-corrected chi connectivity index (χ0v) is 17.2. The average Bonchev–Trinajstić information content (AvgIpc) is 3.15. The molecule has 3 heterocycles. The maximum atomic E-state index is 13.0. The van der Waals surface area contributed by atoms with Gasteiger partial charge in [0.25, 0.3) is 5.91 Å². The molecule has 2 aromatic carbocycles. The number of amidine groups is 1. The lowest BCUT2D eigenvalue weighted by atomic mass is 10.1. The van der Waals surface area contributed by atoms with Crippen LogP contribution in [0, 0.1) is 0 Å². The van der Waals surface area contributed by atoms with Gasteiger partial charge in [0.05, 0.1) is 5.36 Å². The quantitative estimate of drug-likeness (QED) is 0.745. The average molecular weight is 459 g/mol. The number of nitrogens with zero attached hydrogens (tertiary/aromatic N) is 3. The number of hydrogen-bond donors (Lipinski definition) is 1. The Labute approximate surface area is 173 Å². The molecule has 0 radical (unpaired) electrons. The highest BCUT2D eigenvalue weighted by Crippen LogP contribution is 2.38. The van der Waals surface area contributed by atoms with Gasteiger partial charge in [0.1, 0.15) is 5.70 Å². The smallest absolute Gasteiger partial charge is 0.276 e. The topological polar surface area (TPSA) is 75.5 Å². The van der Waals surface area contributed by atoms with Crippen LogP contribution in [0.3, 0.4) is 0 Å². The fourth-order valence-electron chi connectivity index (χ4n) is 3.34. The molecule has 0 aliphatic carbocycles. The first kappa shape index (κ1) is 17.6. The molecule has 0 aromatic heterocycles. The summed E-state index contributed by atoms with van der Waals surface area (Å²) < 4.78 is 11.8. The second kappa shape index (κ2) is 6.82. The molecule has 1 N–H and O–H groups in total. The van der Waals surface area contributed by atoms with Crippen LogP contribution in [0.2, 0.25) is 0 Å². The summed E-state index contributed by atoms with van der Waals surface area (Å²) in [5.41, 5.74) is 1.35. The highest BCUT2D eigenvalue weighted by molar-refractivity contribution is 9.10. The molecule has 28 heavy (non-hydrogen) atoms. The summed E-state index contributed by atoms with van der Waals surface area (Å²) in [5.74, 6) is 1.99. The van der Waals surface area contributed by atoms with Crippen LogP contribution in [0.15, 0.2) is 51.0 Å². The number of thioether (sulfide) groups is 1. The van der Waals surface area contributed by atoms with E-state index in [1.807, 2.05) is 43.3 Å². The van der Waals surface area contributed by atoms with Gasteiger partial charge in [0.15, 0.2) is 22.8 Å². The minimum Gasteiger partial charge on any atom is -0.454 e. The van der Waals surface area contributed by atoms with E-state index in [2.05, 4.69) is 26.3 Å². The van der Waals surface area contributed by atoms with Gasteiger partial charge >= 0.3 is 0 Å². The summed E-state index contributed by atoms with van der Waals surface area (Å²) in [6, 6.07) is 11.4. The second-order valence-corrected chi connectivity index (χ2v) is 8.43. The van der Waals surface area contributed by atoms with Gasteiger partial charge in [-0.05, 0) is 36.1 Å². The highest BCUT2D eigenvalue weighted by Gasteiger charge is 2.35. The number of hydrogen-bond acceptors (Lipinski definition) is 7. The van der Waals surface area contributed by atoms with E-state index in [1.54, 1.807) is 5.01 Å². The van der Waals surface area contributed by atoms with Crippen molar-refractivity contribution in [3.8, 4) is 11.5 Å². The number of amides is 1. The van der Waals surface area contributed by atoms with Crippen LogP contribution >= 0.6 is 27.7 Å². The molecule has 7 nitrogen and oxygen atoms in total. The van der Waals surface area contributed by atoms with E-state index in [-0.39, 0.29) is 12.7 Å². The predicted molar refractivity (Wildman–Crippen MR) is 109 cm³/mol. The molecule has 0 fully saturated rings. The molecule has 0 saturated heterocycles. The van der Waals surface area contributed by atoms with Gasteiger partial charge in [-0.15, -0.1) is 5.10 Å². The van der Waals surface area contributed by atoms with E-state index in [9.17, 15) is 4.79 Å². The van der Waals surface area contributed by atoms with Crippen LogP contribution in [0.4, 0.5) is 0 Å². The van der Waals surface area contributed by atoms with Gasteiger partial charge in [-0.2, -0.15) is 0 Å². The van der Waals surface area contributed by atoms with Crippen molar-refractivity contribution >= 4 is 44.5 Å². The molecule has 3 aliphatic rings. The van der Waals surface area contributed by atoms with Gasteiger partial charge < -0.3 is 9.47 Å². The molecule has 142 valence electrons. The Hall–Kier alpha value is -2.52. The normalized spacial score (nSPS) is 19.4. The Balaban J connectivity index is 1.72. The maximum Gasteiger partial charge on any atom is 0.276 e. The first-order valence-electron chi connectivity index (χ1n) is 8.73. The number of ether oxygens (including phenoxy) is 2. The SMILES string of the molecule is CCSC1=NN2C(=c3cc(Br)ccc3=N[C@@H]2c2ccc3c(c2)OCO3)C(=O)N1. The van der Waals surface area contributed by atoms with E-state index in [0.29, 0.717) is 22.4 Å². The van der Waals surface area contributed by atoms with Gasteiger partial charge in [-0.1, -0.05) is 40.7 Å². The molecule has 0 bridgehead atoms. The number of carbonyl (C=O) groups is 1. The first-order valence-corrected chi connectivity index (χ1v) is 10.5. The monoisotopic (exact) mass is 458 g/mol. The Bertz CT molecular complexity index is 1150. The lowest BCUT2D eigenvalue weighted by Crippen LogP contribution is -2.50. The Morgan fingerprint density at radius 1 is 1.25 bits per heavy atom. The van der Waals surface area contributed by atoms with E-state index in [0.717, 1.165) is 26.4 Å². The number of carbonyl (C=O) groups excluding carboxylic acids is 1. The van der Waals surface area contributed by atoms with E-state index in [1.165, 1.54) is 11.8 Å². The number of rotatable bonds is 2. The van der Waals surface area contributed by atoms with Crippen molar-refractivity contribution in [2.45, 2.75) is 13.1 Å². The summed E-state index contributed by atoms with van der Waals surface area (Å²) in [6.45, 7) is 2.22. The predicted octanol–water partition coefficient (Wildman–Crippen LogP) is 2.07. The molecule has 0 spiro atoms. The zero-order valence-electron chi connectivity index (χ0n) is 14.8. The molecule has 5 rings (SSSR count). The van der Waals surface area contributed by atoms with E-state index in [4.69, 9.17) is 14.5 Å². The standard InChI is InChI=1S/C19H15BrN4O3S/c1-2-28-19-22-18(25)16-12-8-11(20)4-5-13(12)21-17(24(16)23-19)10-3-6-14-15(7-10)27-9-26-14/h3-8,17H,2,9H2,1H3,(H,22,23,25)/t17-/m0/s1. The van der Waals surface area contributed by atoms with Crippen molar-refractivity contribution in [1.82, 2.24) is 10.3 Å². The van der Waals surface area contributed by atoms with Crippen molar-refractivity contribution in [1.29, 1.82) is 0 Å². The summed E-state index contributed by atoms with van der Waals surface area (Å²) in [5, 5.41) is 11.3. The van der Waals surface area contributed by atoms with Crippen molar-refractivity contribution in [3.05, 3.63) is 57.0 Å². The van der Waals surface area contributed by atoms with Crippen LogP contribution in [-0.4, -0.2) is 28.6 Å². The Morgan fingerprint density at radius 3 is 2.96 bits per heavy atom. The van der Waals surface area contributed by atoms with Gasteiger partial charge in [0, 0.05) is 15.3 Å². The summed E-state index contributed by atoms with van der Waals surface area (Å²) in [7, 11) is 0. The third kappa shape index (κ3) is 2.85. The van der Waals surface area contributed by atoms with Crippen molar-refractivity contribution in [3.63, 3.8) is 0 Å². The van der Waals surface area contributed by atoms with Crippen LogP contribution in [0.1, 0.15) is 18.7 Å². The third-order valence-corrected chi connectivity index (χ3v) is 5.78. The van der Waals surface area contributed by atoms with Crippen molar-refractivity contribution in [2.24, 2.45) is 10.1 Å². The Kier molecular flexibility index (Phi) is 4.28.